The quantitative estimate of drug-likeness (QED) is 0.684. The summed E-state index contributed by atoms with van der Waals surface area (Å²) in [4.78, 5) is 14.0. The molecule has 1 rings (SSSR count). The molecule has 0 unspecified atom stereocenters. The molecule has 1 aromatic rings. The summed E-state index contributed by atoms with van der Waals surface area (Å²) in [6, 6.07) is 0. The lowest BCUT2D eigenvalue weighted by atomic mass is 10.1. The van der Waals surface area contributed by atoms with Crippen LogP contribution in [0.25, 0.3) is 0 Å². The molecule has 0 N–H and O–H groups in total. The van der Waals surface area contributed by atoms with Crippen LogP contribution in [-0.2, 0) is 17.8 Å². The minimum Gasteiger partial charge on any atom is -0.335 e. The second-order valence-corrected chi connectivity index (χ2v) is 4.84. The standard InChI is InChI=1S/C16H25N3O/c1-6-11-18(12-7-2)16(20)10-9-15-13(4)17-19(8-3)14(15)5/h6-7H,1-2,8-12H2,3-5H3. The first-order valence-electron chi connectivity index (χ1n) is 7.07. The molecule has 110 valence electrons. The van der Waals surface area contributed by atoms with E-state index in [0.717, 1.165) is 24.4 Å². The van der Waals surface area contributed by atoms with Crippen LogP contribution in [0.1, 0.15) is 30.3 Å². The molecule has 0 bridgehead atoms. The van der Waals surface area contributed by atoms with Gasteiger partial charge in [-0.15, -0.1) is 13.2 Å². The van der Waals surface area contributed by atoms with Gasteiger partial charge in [0.2, 0.25) is 5.91 Å². The van der Waals surface area contributed by atoms with E-state index in [1.54, 1.807) is 17.1 Å². The van der Waals surface area contributed by atoms with Crippen LogP contribution in [-0.4, -0.2) is 33.7 Å². The van der Waals surface area contributed by atoms with Gasteiger partial charge >= 0.3 is 0 Å². The highest BCUT2D eigenvalue weighted by Crippen LogP contribution is 2.15. The number of rotatable bonds is 8. The van der Waals surface area contributed by atoms with Crippen molar-refractivity contribution in [2.75, 3.05) is 13.1 Å². The summed E-state index contributed by atoms with van der Waals surface area (Å²) >= 11 is 0. The van der Waals surface area contributed by atoms with E-state index in [-0.39, 0.29) is 5.91 Å². The number of hydrogen-bond acceptors (Lipinski definition) is 2. The molecule has 1 heterocycles. The Morgan fingerprint density at radius 2 is 1.90 bits per heavy atom. The Hall–Kier alpha value is -1.84. The zero-order valence-corrected chi connectivity index (χ0v) is 12.9. The van der Waals surface area contributed by atoms with Gasteiger partial charge in [-0.25, -0.2) is 0 Å². The summed E-state index contributed by atoms with van der Waals surface area (Å²) < 4.78 is 1.99. The minimum atomic E-state index is 0.132. The Kier molecular flexibility index (Phi) is 6.22. The summed E-state index contributed by atoms with van der Waals surface area (Å²) in [5.41, 5.74) is 3.38. The fourth-order valence-corrected chi connectivity index (χ4v) is 2.38. The molecule has 0 atom stereocenters. The second kappa shape index (κ2) is 7.68. The number of hydrogen-bond donors (Lipinski definition) is 0. The predicted octanol–water partition coefficient (Wildman–Crippen LogP) is 2.65. The third-order valence-corrected chi connectivity index (χ3v) is 3.47. The van der Waals surface area contributed by atoms with Crippen LogP contribution < -0.4 is 0 Å². The van der Waals surface area contributed by atoms with Gasteiger partial charge in [0, 0.05) is 31.7 Å². The maximum absolute atomic E-state index is 12.2. The normalized spacial score (nSPS) is 10.3. The van der Waals surface area contributed by atoms with Gasteiger partial charge < -0.3 is 4.90 Å². The van der Waals surface area contributed by atoms with Crippen LogP contribution in [0.2, 0.25) is 0 Å². The average molecular weight is 275 g/mol. The Bertz CT molecular complexity index is 478. The smallest absolute Gasteiger partial charge is 0.223 e. The zero-order valence-electron chi connectivity index (χ0n) is 12.9. The van der Waals surface area contributed by atoms with Crippen LogP contribution in [0.15, 0.2) is 25.3 Å². The van der Waals surface area contributed by atoms with Gasteiger partial charge in [0.05, 0.1) is 5.69 Å². The highest BCUT2D eigenvalue weighted by atomic mass is 16.2. The molecule has 0 aliphatic rings. The van der Waals surface area contributed by atoms with Gasteiger partial charge in [-0.1, -0.05) is 12.2 Å². The lowest BCUT2D eigenvalue weighted by Crippen LogP contribution is -2.31. The number of carbonyl (C=O) groups excluding carboxylic acids is 1. The Morgan fingerprint density at radius 1 is 1.30 bits per heavy atom. The lowest BCUT2D eigenvalue weighted by Gasteiger charge is -2.19. The second-order valence-electron chi connectivity index (χ2n) is 4.84. The minimum absolute atomic E-state index is 0.132. The molecule has 0 spiro atoms. The summed E-state index contributed by atoms with van der Waals surface area (Å²) in [6.45, 7) is 15.5. The first-order chi connectivity index (χ1) is 9.54. The molecule has 4 nitrogen and oxygen atoms in total. The number of aromatic nitrogens is 2. The number of carbonyl (C=O) groups is 1. The van der Waals surface area contributed by atoms with E-state index in [9.17, 15) is 4.79 Å². The van der Waals surface area contributed by atoms with Gasteiger partial charge in [0.15, 0.2) is 0 Å². The first kappa shape index (κ1) is 16.2. The summed E-state index contributed by atoms with van der Waals surface area (Å²) in [6.07, 6.45) is 4.72. The lowest BCUT2D eigenvalue weighted by molar-refractivity contribution is -0.130. The van der Waals surface area contributed by atoms with Crippen molar-refractivity contribution in [3.05, 3.63) is 42.3 Å². The molecular formula is C16H25N3O. The average Bonchev–Trinajstić information content (AvgIpc) is 2.70. The molecule has 0 aromatic carbocycles. The van der Waals surface area contributed by atoms with Crippen LogP contribution in [0.4, 0.5) is 0 Å². The molecule has 0 saturated heterocycles. The maximum Gasteiger partial charge on any atom is 0.223 e. The maximum atomic E-state index is 12.2. The molecule has 20 heavy (non-hydrogen) atoms. The van der Waals surface area contributed by atoms with Crippen molar-refractivity contribution < 1.29 is 4.79 Å². The first-order valence-corrected chi connectivity index (χ1v) is 7.07. The van der Waals surface area contributed by atoms with Crippen LogP contribution in [0, 0.1) is 13.8 Å². The van der Waals surface area contributed by atoms with E-state index in [4.69, 9.17) is 0 Å². The Morgan fingerprint density at radius 3 is 2.35 bits per heavy atom. The summed E-state index contributed by atoms with van der Waals surface area (Å²) in [5, 5.41) is 4.48. The molecule has 0 aliphatic carbocycles. The molecular weight excluding hydrogens is 250 g/mol. The van der Waals surface area contributed by atoms with E-state index in [1.807, 2.05) is 11.6 Å². The van der Waals surface area contributed by atoms with Crippen LogP contribution in [0.5, 0.6) is 0 Å². The molecule has 0 saturated carbocycles. The van der Waals surface area contributed by atoms with Crippen molar-refractivity contribution in [1.82, 2.24) is 14.7 Å². The molecule has 0 aliphatic heterocycles. The van der Waals surface area contributed by atoms with Crippen molar-refractivity contribution in [2.24, 2.45) is 0 Å². The van der Waals surface area contributed by atoms with Gasteiger partial charge in [0.25, 0.3) is 0 Å². The van der Waals surface area contributed by atoms with Gasteiger partial charge in [-0.3, -0.25) is 9.48 Å². The van der Waals surface area contributed by atoms with Crippen LogP contribution in [0.3, 0.4) is 0 Å². The van der Waals surface area contributed by atoms with E-state index < -0.39 is 0 Å². The SMILES string of the molecule is C=CCN(CC=C)C(=O)CCc1c(C)nn(CC)c1C. The highest BCUT2D eigenvalue weighted by molar-refractivity contribution is 5.76. The fourth-order valence-electron chi connectivity index (χ4n) is 2.38. The van der Waals surface area contributed by atoms with Crippen molar-refractivity contribution in [2.45, 2.75) is 40.2 Å². The summed E-state index contributed by atoms with van der Waals surface area (Å²) in [7, 11) is 0. The largest absolute Gasteiger partial charge is 0.335 e. The molecule has 0 fully saturated rings. The number of aryl methyl sites for hydroxylation is 2. The molecule has 1 amide bonds. The van der Waals surface area contributed by atoms with Gasteiger partial charge in [0.1, 0.15) is 0 Å². The highest BCUT2D eigenvalue weighted by Gasteiger charge is 2.15. The molecule has 4 heteroatoms. The van der Waals surface area contributed by atoms with E-state index in [1.165, 1.54) is 5.56 Å². The van der Waals surface area contributed by atoms with Crippen molar-refractivity contribution in [3.8, 4) is 0 Å². The summed E-state index contributed by atoms with van der Waals surface area (Å²) in [5.74, 6) is 0.132. The van der Waals surface area contributed by atoms with Gasteiger partial charge in [-0.2, -0.15) is 5.10 Å². The van der Waals surface area contributed by atoms with E-state index in [2.05, 4.69) is 32.1 Å². The topological polar surface area (TPSA) is 38.1 Å². The Balaban J connectivity index is 2.70. The molecule has 0 radical (unpaired) electrons. The van der Waals surface area contributed by atoms with E-state index in [0.29, 0.717) is 19.5 Å². The number of nitrogens with zero attached hydrogens (tertiary/aromatic N) is 3. The van der Waals surface area contributed by atoms with Crippen LogP contribution >= 0.6 is 0 Å². The zero-order chi connectivity index (χ0) is 15.1. The molecule has 1 aromatic heterocycles. The monoisotopic (exact) mass is 275 g/mol. The van der Waals surface area contributed by atoms with Crippen molar-refractivity contribution in [3.63, 3.8) is 0 Å². The number of amides is 1. The van der Waals surface area contributed by atoms with Gasteiger partial charge in [-0.05, 0) is 32.8 Å². The fraction of sp³-hybridized carbons (Fsp3) is 0.500. The van der Waals surface area contributed by atoms with Crippen molar-refractivity contribution in [1.29, 1.82) is 0 Å². The predicted molar refractivity (Wildman–Crippen MR) is 82.7 cm³/mol. The third-order valence-electron chi connectivity index (χ3n) is 3.47. The van der Waals surface area contributed by atoms with Crippen molar-refractivity contribution >= 4 is 5.91 Å². The third kappa shape index (κ3) is 3.83. The Labute approximate surface area is 121 Å². The van der Waals surface area contributed by atoms with E-state index >= 15 is 0 Å².